The summed E-state index contributed by atoms with van der Waals surface area (Å²) in [5.41, 5.74) is 20.3. The number of guanidine groups is 1. The molecule has 25 heteroatoms. The van der Waals surface area contributed by atoms with Gasteiger partial charge in [-0.3, -0.25) is 43.3 Å². The fourth-order valence-electron chi connectivity index (χ4n) is 10.3. The number of aromatic amines is 2. The number of hydrogen-bond acceptors (Lipinski definition) is 12. The summed E-state index contributed by atoms with van der Waals surface area (Å²) in [5.74, 6) is -7.31. The Morgan fingerprint density at radius 2 is 1.13 bits per heavy atom. The van der Waals surface area contributed by atoms with E-state index in [4.69, 9.17) is 17.2 Å². The fraction of sp³-hybridized carbons (Fsp3) is 0.459. The summed E-state index contributed by atoms with van der Waals surface area (Å²) < 4.78 is 0. The number of likely N-dealkylation sites (tertiary alicyclic amines) is 1. The summed E-state index contributed by atoms with van der Waals surface area (Å²) in [6.45, 7) is 9.12. The number of fused-ring (bicyclic) bond motifs is 1. The Balaban J connectivity index is 1.26. The number of nitrogens with zero attached hydrogens (tertiary/aromatic N) is 3. The van der Waals surface area contributed by atoms with Crippen LogP contribution in [0.5, 0.6) is 0 Å². The number of benzene rings is 3. The minimum absolute atomic E-state index is 0.0294. The van der Waals surface area contributed by atoms with E-state index in [-0.39, 0.29) is 88.7 Å². The number of aliphatic carboxylic acids is 1. The van der Waals surface area contributed by atoms with Crippen molar-refractivity contribution < 1.29 is 48.3 Å². The van der Waals surface area contributed by atoms with Gasteiger partial charge in [-0.1, -0.05) is 107 Å². The molecule has 462 valence electrons. The highest BCUT2D eigenvalue weighted by Gasteiger charge is 2.41. The Morgan fingerprint density at radius 3 is 1.72 bits per heavy atom. The molecule has 3 heterocycles. The molecule has 0 saturated carbocycles. The van der Waals surface area contributed by atoms with E-state index in [1.165, 1.54) is 24.3 Å². The molecule has 0 bridgehead atoms. The molecule has 1 saturated heterocycles. The van der Waals surface area contributed by atoms with E-state index < -0.39 is 108 Å². The maximum absolute atomic E-state index is 15.0. The minimum Gasteiger partial charge on any atom is -0.480 e. The van der Waals surface area contributed by atoms with Crippen LogP contribution in [0.1, 0.15) is 95.5 Å². The lowest BCUT2D eigenvalue weighted by atomic mass is 10.00. The van der Waals surface area contributed by atoms with Crippen LogP contribution in [0.15, 0.2) is 109 Å². The molecule has 2 aromatic heterocycles. The molecule has 8 amide bonds. The van der Waals surface area contributed by atoms with Gasteiger partial charge in [0, 0.05) is 67.8 Å². The molecule has 16 N–H and O–H groups in total. The number of hydrogen-bond donors (Lipinski definition) is 13. The Kier molecular flexibility index (Phi) is 24.7. The number of nitrogens with one attached hydrogen (secondary N) is 9. The van der Waals surface area contributed by atoms with E-state index in [1.54, 1.807) is 48.7 Å². The quantitative estimate of drug-likeness (QED) is 0.0163. The zero-order chi connectivity index (χ0) is 62.5. The van der Waals surface area contributed by atoms with E-state index in [2.05, 4.69) is 57.2 Å². The van der Waals surface area contributed by atoms with Crippen LogP contribution in [-0.4, -0.2) is 152 Å². The lowest BCUT2D eigenvalue weighted by Crippen LogP contribution is -2.61. The Hall–Kier alpha value is -9.13. The van der Waals surface area contributed by atoms with Gasteiger partial charge < -0.3 is 74.4 Å². The first kappa shape index (κ1) is 66.0. The topological polar surface area (TPSA) is 396 Å². The van der Waals surface area contributed by atoms with Crippen LogP contribution >= 0.6 is 0 Å². The van der Waals surface area contributed by atoms with Gasteiger partial charge in [-0.05, 0) is 80.0 Å². The van der Waals surface area contributed by atoms with Gasteiger partial charge in [0.15, 0.2) is 5.96 Å². The lowest BCUT2D eigenvalue weighted by Gasteiger charge is -2.31. The third kappa shape index (κ3) is 20.0. The predicted molar refractivity (Wildman–Crippen MR) is 323 cm³/mol. The van der Waals surface area contributed by atoms with E-state index in [0.717, 1.165) is 16.5 Å². The Morgan fingerprint density at radius 1 is 0.616 bits per heavy atom. The van der Waals surface area contributed by atoms with Crippen molar-refractivity contribution >= 4 is 70.1 Å². The summed E-state index contributed by atoms with van der Waals surface area (Å²) in [5, 5.41) is 30.3. The Bertz CT molecular complexity index is 3110. The number of imidazole rings is 1. The van der Waals surface area contributed by atoms with Crippen molar-refractivity contribution in [3.8, 4) is 0 Å². The predicted octanol–water partition coefficient (Wildman–Crippen LogP) is 1.12. The molecule has 5 aromatic rings. The van der Waals surface area contributed by atoms with Crippen LogP contribution in [0.25, 0.3) is 10.9 Å². The van der Waals surface area contributed by atoms with Gasteiger partial charge >= 0.3 is 5.97 Å². The first-order valence-electron chi connectivity index (χ1n) is 29.1. The average Bonchev–Trinajstić information content (AvgIpc) is 4.39. The molecule has 0 aliphatic carbocycles. The van der Waals surface area contributed by atoms with Gasteiger partial charge in [0.05, 0.1) is 12.4 Å². The van der Waals surface area contributed by atoms with Gasteiger partial charge in [-0.2, -0.15) is 0 Å². The van der Waals surface area contributed by atoms with Crippen molar-refractivity contribution in [2.75, 3.05) is 13.1 Å². The molecular formula is C61H83N15O10. The number of carboxylic acid groups (broad SMARTS) is 1. The summed E-state index contributed by atoms with van der Waals surface area (Å²) in [4.78, 5) is 143. The Labute approximate surface area is 500 Å². The SMILES string of the molecule is CC(C)CC(NC(=O)C(CCCN=C(N)N)NC(=O)C(Cc1cnc[nH]1)NC(=O)C(Cc1c[nH]c2ccccc12)NC(=O)C1CCCN1C(=O)C(CC(C)C)NC(=O)C(Cc1ccccc1)NC(=O)C(C)N)C(=O)NC(Cc1ccccc1)C(=O)O. The molecule has 9 unspecified atom stereocenters. The number of para-hydroxylation sites is 1. The first-order chi connectivity index (χ1) is 41.1. The van der Waals surface area contributed by atoms with Crippen molar-refractivity contribution in [1.82, 2.24) is 57.1 Å². The third-order valence-corrected chi connectivity index (χ3v) is 14.6. The van der Waals surface area contributed by atoms with E-state index in [1.807, 2.05) is 70.2 Å². The molecule has 25 nitrogen and oxygen atoms in total. The molecule has 0 spiro atoms. The molecule has 1 aliphatic rings. The third-order valence-electron chi connectivity index (χ3n) is 14.6. The number of H-pyrrole nitrogens is 2. The average molecular weight is 1190 g/mol. The number of rotatable bonds is 32. The first-order valence-corrected chi connectivity index (χ1v) is 29.1. The molecular weight excluding hydrogens is 1100 g/mol. The summed E-state index contributed by atoms with van der Waals surface area (Å²) in [6, 6.07) is 14.2. The summed E-state index contributed by atoms with van der Waals surface area (Å²) in [7, 11) is 0. The van der Waals surface area contributed by atoms with E-state index in [0.29, 0.717) is 23.2 Å². The van der Waals surface area contributed by atoms with Gasteiger partial charge in [0.2, 0.25) is 47.3 Å². The monoisotopic (exact) mass is 1190 g/mol. The number of nitrogens with two attached hydrogens (primary N) is 3. The maximum Gasteiger partial charge on any atom is 0.326 e. The van der Waals surface area contributed by atoms with Gasteiger partial charge in [-0.25, -0.2) is 9.78 Å². The number of carbonyl (C=O) groups is 9. The normalized spacial score (nSPS) is 15.9. The van der Waals surface area contributed by atoms with Crippen LogP contribution in [-0.2, 0) is 68.8 Å². The largest absolute Gasteiger partial charge is 0.480 e. The highest BCUT2D eigenvalue weighted by molar-refractivity contribution is 5.99. The second-order valence-electron chi connectivity index (χ2n) is 22.7. The molecule has 1 fully saturated rings. The van der Waals surface area contributed by atoms with Crippen molar-refractivity contribution in [2.24, 2.45) is 34.0 Å². The van der Waals surface area contributed by atoms with Crippen LogP contribution in [0.2, 0.25) is 0 Å². The smallest absolute Gasteiger partial charge is 0.326 e. The standard InChI is InChI=1S/C61H83N15O10/c1-35(2)26-45(54(79)75-50(60(85)86)29-39-18-10-7-11-19-39)71-53(78)44(22-14-24-66-61(63)64)69-57(82)48(31-41-33-65-34-68-41)72-56(81)47(30-40-32-67-43-21-13-12-20-42(40)43)73-58(83)51-23-15-25-76(51)59(84)49(27-36(3)4)74-55(80)46(70-52(77)37(5)62)28-38-16-8-6-9-17-38/h6-13,16-21,32-37,44-51,67H,14-15,22-31,62H2,1-5H3,(H,65,68)(H,69,82)(H,70,77)(H,71,78)(H,72,81)(H,73,83)(H,74,80)(H,75,79)(H,85,86)(H4,63,64,66). The second kappa shape index (κ2) is 32.2. The van der Waals surface area contributed by atoms with Gasteiger partial charge in [-0.15, -0.1) is 0 Å². The second-order valence-corrected chi connectivity index (χ2v) is 22.7. The maximum atomic E-state index is 15.0. The van der Waals surface area contributed by atoms with E-state index >= 15 is 4.79 Å². The highest BCUT2D eigenvalue weighted by Crippen LogP contribution is 2.23. The van der Waals surface area contributed by atoms with Crippen molar-refractivity contribution in [2.45, 2.75) is 153 Å². The van der Waals surface area contributed by atoms with Crippen LogP contribution in [0.3, 0.4) is 0 Å². The molecule has 1 aliphatic heterocycles. The number of carboxylic acids is 1. The number of amides is 8. The zero-order valence-corrected chi connectivity index (χ0v) is 49.3. The fourth-order valence-corrected chi connectivity index (χ4v) is 10.3. The van der Waals surface area contributed by atoms with Crippen LogP contribution in [0, 0.1) is 11.8 Å². The highest BCUT2D eigenvalue weighted by atomic mass is 16.4. The lowest BCUT2D eigenvalue weighted by molar-refractivity contribution is -0.143. The molecule has 0 radical (unpaired) electrons. The van der Waals surface area contributed by atoms with Crippen molar-refractivity contribution in [3.63, 3.8) is 0 Å². The van der Waals surface area contributed by atoms with Crippen molar-refractivity contribution in [1.29, 1.82) is 0 Å². The van der Waals surface area contributed by atoms with E-state index in [9.17, 15) is 43.5 Å². The number of aromatic nitrogens is 3. The van der Waals surface area contributed by atoms with Gasteiger partial charge in [0.1, 0.15) is 48.3 Å². The molecule has 6 rings (SSSR count). The minimum atomic E-state index is -1.43. The molecule has 86 heavy (non-hydrogen) atoms. The number of carbonyl (C=O) groups excluding carboxylic acids is 8. The summed E-state index contributed by atoms with van der Waals surface area (Å²) in [6.07, 6.45) is 5.38. The number of aliphatic imine (C=N–C) groups is 1. The molecule has 9 atom stereocenters. The van der Waals surface area contributed by atoms with Crippen LogP contribution in [0.4, 0.5) is 0 Å². The summed E-state index contributed by atoms with van der Waals surface area (Å²) >= 11 is 0. The zero-order valence-electron chi connectivity index (χ0n) is 49.3. The van der Waals surface area contributed by atoms with Crippen LogP contribution < -0.4 is 54.4 Å². The molecule has 3 aromatic carbocycles. The van der Waals surface area contributed by atoms with Gasteiger partial charge in [0.25, 0.3) is 0 Å². The van der Waals surface area contributed by atoms with Crippen molar-refractivity contribution in [3.05, 3.63) is 126 Å².